The Morgan fingerprint density at radius 2 is 1.69 bits per heavy atom. The fraction of sp³-hybridized carbons (Fsp3) is 0.222. The molecule has 3 aromatic carbocycles. The molecule has 0 aliphatic carbocycles. The number of carbonyl (C=O) groups is 1. The number of methoxy groups -OCH3 is 2. The first-order valence-electron chi connectivity index (χ1n) is 10.7. The third kappa shape index (κ3) is 4.47. The summed E-state index contributed by atoms with van der Waals surface area (Å²) >= 11 is 0. The van der Waals surface area contributed by atoms with E-state index in [1.54, 1.807) is 20.3 Å². The molecule has 0 bridgehead atoms. The largest absolute Gasteiger partial charge is 0.493 e. The normalized spacial score (nSPS) is 17.7. The van der Waals surface area contributed by atoms with Crippen molar-refractivity contribution < 1.29 is 14.3 Å². The number of amides is 1. The molecule has 32 heavy (non-hydrogen) atoms. The Morgan fingerprint density at radius 3 is 2.44 bits per heavy atom. The highest BCUT2D eigenvalue weighted by Gasteiger charge is 2.32. The van der Waals surface area contributed by atoms with Crippen molar-refractivity contribution in [2.45, 2.75) is 25.4 Å². The lowest BCUT2D eigenvalue weighted by Crippen LogP contribution is -2.43. The van der Waals surface area contributed by atoms with Gasteiger partial charge >= 0.3 is 0 Å². The number of para-hydroxylation sites is 2. The highest BCUT2D eigenvalue weighted by molar-refractivity contribution is 6.05. The molecule has 0 saturated carbocycles. The summed E-state index contributed by atoms with van der Waals surface area (Å²) in [4.78, 5) is 15.1. The van der Waals surface area contributed by atoms with Gasteiger partial charge in [-0.15, -0.1) is 0 Å². The van der Waals surface area contributed by atoms with Crippen molar-refractivity contribution >= 4 is 23.4 Å². The third-order valence-electron chi connectivity index (χ3n) is 5.77. The molecule has 1 aliphatic heterocycles. The van der Waals surface area contributed by atoms with Crippen LogP contribution in [-0.4, -0.2) is 26.2 Å². The van der Waals surface area contributed by atoms with E-state index in [0.717, 1.165) is 28.9 Å². The summed E-state index contributed by atoms with van der Waals surface area (Å²) in [5.74, 6) is 1.25. The number of rotatable bonds is 6. The van der Waals surface area contributed by atoms with Crippen molar-refractivity contribution in [3.8, 4) is 11.5 Å². The first-order valence-corrected chi connectivity index (χ1v) is 10.7. The summed E-state index contributed by atoms with van der Waals surface area (Å²) in [6.07, 6.45) is 4.26. The van der Waals surface area contributed by atoms with Gasteiger partial charge in [0.15, 0.2) is 11.5 Å². The molecule has 0 aromatic heterocycles. The van der Waals surface area contributed by atoms with Gasteiger partial charge in [0.1, 0.15) is 0 Å². The second-order valence-electron chi connectivity index (χ2n) is 7.86. The number of anilines is 2. The minimum atomic E-state index is -0.0436. The van der Waals surface area contributed by atoms with Crippen LogP contribution in [0.2, 0.25) is 0 Å². The SMILES string of the molecule is COc1ccc(C=CC(=O)N2c3ccccc3[C@@H](Nc3ccccc3)C[C@@H]2C)cc1OC. The Bertz CT molecular complexity index is 1110. The predicted octanol–water partition coefficient (Wildman–Crippen LogP) is 5.70. The van der Waals surface area contributed by atoms with E-state index in [4.69, 9.17) is 9.47 Å². The molecule has 2 atom stereocenters. The molecule has 5 heteroatoms. The quantitative estimate of drug-likeness (QED) is 0.512. The van der Waals surface area contributed by atoms with Crippen LogP contribution in [0.15, 0.2) is 78.9 Å². The monoisotopic (exact) mass is 428 g/mol. The van der Waals surface area contributed by atoms with Crippen LogP contribution in [0.1, 0.15) is 30.5 Å². The summed E-state index contributed by atoms with van der Waals surface area (Å²) in [5.41, 5.74) is 4.02. The zero-order valence-electron chi connectivity index (χ0n) is 18.6. The molecule has 5 nitrogen and oxygen atoms in total. The average molecular weight is 429 g/mol. The van der Waals surface area contributed by atoms with Gasteiger partial charge in [-0.3, -0.25) is 4.79 Å². The highest BCUT2D eigenvalue weighted by Crippen LogP contribution is 2.39. The lowest BCUT2D eigenvalue weighted by Gasteiger charge is -2.39. The fourth-order valence-electron chi connectivity index (χ4n) is 4.22. The fourth-order valence-corrected chi connectivity index (χ4v) is 4.22. The van der Waals surface area contributed by atoms with Gasteiger partial charge in [-0.25, -0.2) is 0 Å². The van der Waals surface area contributed by atoms with E-state index in [1.165, 1.54) is 0 Å². The Labute approximate surface area is 189 Å². The minimum Gasteiger partial charge on any atom is -0.493 e. The molecular weight excluding hydrogens is 400 g/mol. The van der Waals surface area contributed by atoms with Gasteiger partial charge in [0.2, 0.25) is 0 Å². The average Bonchev–Trinajstić information content (AvgIpc) is 2.83. The van der Waals surface area contributed by atoms with E-state index in [9.17, 15) is 4.79 Å². The number of ether oxygens (including phenoxy) is 2. The van der Waals surface area contributed by atoms with Crippen molar-refractivity contribution in [1.29, 1.82) is 0 Å². The van der Waals surface area contributed by atoms with Gasteiger partial charge in [0, 0.05) is 23.5 Å². The Balaban J connectivity index is 1.58. The number of nitrogens with one attached hydrogen (secondary N) is 1. The number of hydrogen-bond acceptors (Lipinski definition) is 4. The van der Waals surface area contributed by atoms with Crippen LogP contribution in [0, 0.1) is 0 Å². The lowest BCUT2D eigenvalue weighted by atomic mass is 9.91. The number of fused-ring (bicyclic) bond motifs is 1. The third-order valence-corrected chi connectivity index (χ3v) is 5.77. The molecule has 3 aromatic rings. The molecule has 1 heterocycles. The maximum atomic E-state index is 13.2. The van der Waals surface area contributed by atoms with Crippen molar-refractivity contribution in [3.05, 3.63) is 90.0 Å². The predicted molar refractivity (Wildman–Crippen MR) is 129 cm³/mol. The van der Waals surface area contributed by atoms with Crippen molar-refractivity contribution in [2.24, 2.45) is 0 Å². The first-order chi connectivity index (χ1) is 15.6. The van der Waals surface area contributed by atoms with Crippen LogP contribution >= 0.6 is 0 Å². The van der Waals surface area contributed by atoms with Crippen LogP contribution in [-0.2, 0) is 4.79 Å². The molecule has 1 aliphatic rings. The minimum absolute atomic E-state index is 0.0436. The summed E-state index contributed by atoms with van der Waals surface area (Å²) in [6.45, 7) is 2.10. The first kappa shape index (κ1) is 21.5. The molecule has 0 unspecified atom stereocenters. The summed E-state index contributed by atoms with van der Waals surface area (Å²) in [6, 6.07) is 24.1. The van der Waals surface area contributed by atoms with E-state index >= 15 is 0 Å². The summed E-state index contributed by atoms with van der Waals surface area (Å²) < 4.78 is 10.7. The van der Waals surface area contributed by atoms with E-state index in [1.807, 2.05) is 65.6 Å². The van der Waals surface area contributed by atoms with Gasteiger partial charge in [-0.1, -0.05) is 42.5 Å². The molecular formula is C27H28N2O3. The maximum Gasteiger partial charge on any atom is 0.251 e. The number of benzene rings is 3. The number of carbonyl (C=O) groups excluding carboxylic acids is 1. The molecule has 164 valence electrons. The van der Waals surface area contributed by atoms with Gasteiger partial charge in [0.25, 0.3) is 5.91 Å². The van der Waals surface area contributed by atoms with Gasteiger partial charge in [-0.05, 0) is 60.9 Å². The zero-order valence-corrected chi connectivity index (χ0v) is 18.6. The topological polar surface area (TPSA) is 50.8 Å². The van der Waals surface area contributed by atoms with Gasteiger partial charge < -0.3 is 19.7 Å². The van der Waals surface area contributed by atoms with Crippen molar-refractivity contribution in [1.82, 2.24) is 0 Å². The number of hydrogen-bond donors (Lipinski definition) is 1. The molecule has 0 spiro atoms. The summed E-state index contributed by atoms with van der Waals surface area (Å²) in [5, 5.41) is 3.63. The maximum absolute atomic E-state index is 13.2. The molecule has 1 amide bonds. The van der Waals surface area contributed by atoms with Crippen molar-refractivity contribution in [3.63, 3.8) is 0 Å². The Hall–Kier alpha value is -3.73. The molecule has 0 radical (unpaired) electrons. The van der Waals surface area contributed by atoms with E-state index in [2.05, 4.69) is 30.4 Å². The number of nitrogens with zero attached hydrogens (tertiary/aromatic N) is 1. The highest BCUT2D eigenvalue weighted by atomic mass is 16.5. The van der Waals surface area contributed by atoms with E-state index in [-0.39, 0.29) is 18.0 Å². The van der Waals surface area contributed by atoms with Crippen LogP contribution in [0.3, 0.4) is 0 Å². The second kappa shape index (κ2) is 9.60. The van der Waals surface area contributed by atoms with Crippen LogP contribution in [0.4, 0.5) is 11.4 Å². The van der Waals surface area contributed by atoms with E-state index in [0.29, 0.717) is 11.5 Å². The molecule has 0 fully saturated rings. The van der Waals surface area contributed by atoms with Crippen LogP contribution in [0.5, 0.6) is 11.5 Å². The summed E-state index contributed by atoms with van der Waals surface area (Å²) in [7, 11) is 3.20. The molecule has 4 rings (SSSR count). The van der Waals surface area contributed by atoms with Crippen molar-refractivity contribution in [2.75, 3.05) is 24.4 Å². The Kier molecular flexibility index (Phi) is 6.45. The molecule has 1 N–H and O–H groups in total. The van der Waals surface area contributed by atoms with E-state index < -0.39 is 0 Å². The van der Waals surface area contributed by atoms with Gasteiger partial charge in [-0.2, -0.15) is 0 Å². The second-order valence-corrected chi connectivity index (χ2v) is 7.86. The standard InChI is InChI=1S/C27H28N2O3/c1-19-17-23(28-21-9-5-4-6-10-21)22-11-7-8-12-24(22)29(19)27(30)16-14-20-13-15-25(31-2)26(18-20)32-3/h4-16,18-19,23,28H,17H2,1-3H3/t19-,23-/m0/s1. The zero-order chi connectivity index (χ0) is 22.5. The van der Waals surface area contributed by atoms with Crippen LogP contribution < -0.4 is 19.7 Å². The molecule has 0 saturated heterocycles. The smallest absolute Gasteiger partial charge is 0.251 e. The Morgan fingerprint density at radius 1 is 0.969 bits per heavy atom. The lowest BCUT2D eigenvalue weighted by molar-refractivity contribution is -0.114. The van der Waals surface area contributed by atoms with Crippen LogP contribution in [0.25, 0.3) is 6.08 Å². The van der Waals surface area contributed by atoms with Gasteiger partial charge in [0.05, 0.1) is 20.3 Å².